The summed E-state index contributed by atoms with van der Waals surface area (Å²) in [6.45, 7) is 6.46. The van der Waals surface area contributed by atoms with Crippen LogP contribution < -0.4 is 14.4 Å². The number of anilines is 1. The second-order valence-corrected chi connectivity index (χ2v) is 12.3. The molecular formula is C29H33Cl2N3O5S. The van der Waals surface area contributed by atoms with Gasteiger partial charge >= 0.3 is 0 Å². The highest BCUT2D eigenvalue weighted by Gasteiger charge is 2.33. The largest absolute Gasteiger partial charge is 0.497 e. The first-order valence-electron chi connectivity index (χ1n) is 12.6. The van der Waals surface area contributed by atoms with E-state index in [9.17, 15) is 18.0 Å². The van der Waals surface area contributed by atoms with E-state index in [2.05, 4.69) is 5.32 Å². The summed E-state index contributed by atoms with van der Waals surface area (Å²) in [6, 6.07) is 16.5. The second-order valence-electron chi connectivity index (χ2n) is 9.62. The van der Waals surface area contributed by atoms with Crippen LogP contribution >= 0.6 is 23.2 Å². The molecule has 11 heteroatoms. The first-order valence-corrected chi connectivity index (χ1v) is 14.8. The molecule has 3 aromatic carbocycles. The van der Waals surface area contributed by atoms with E-state index in [0.717, 1.165) is 9.87 Å². The van der Waals surface area contributed by atoms with Crippen molar-refractivity contribution < 1.29 is 22.7 Å². The number of carbonyl (C=O) groups excluding carboxylic acids is 2. The highest BCUT2D eigenvalue weighted by Crippen LogP contribution is 2.28. The first-order chi connectivity index (χ1) is 18.8. The molecule has 1 atom stereocenters. The standard InChI is InChI=1S/C29H33Cl2N3O5S/c1-19(2)32-29(36)21(4)33(17-22-8-9-23(30)16-27(22)31)28(35)18-34(24-10-12-25(39-5)13-11-24)40(37,38)26-14-6-20(3)7-15-26/h6-16,19,21H,17-18H2,1-5H3,(H,32,36)/t21-/m1/s1. The van der Waals surface area contributed by atoms with Crippen molar-refractivity contribution >= 4 is 50.7 Å². The molecule has 0 aliphatic heterocycles. The topological polar surface area (TPSA) is 96.0 Å². The Morgan fingerprint density at radius 1 is 0.950 bits per heavy atom. The van der Waals surface area contributed by atoms with Gasteiger partial charge < -0.3 is 15.0 Å². The maximum Gasteiger partial charge on any atom is 0.264 e. The summed E-state index contributed by atoms with van der Waals surface area (Å²) in [5.41, 5.74) is 1.71. The molecular weight excluding hydrogens is 573 g/mol. The number of methoxy groups -OCH3 is 1. The highest BCUT2D eigenvalue weighted by molar-refractivity contribution is 7.92. The van der Waals surface area contributed by atoms with E-state index in [1.165, 1.54) is 24.1 Å². The molecule has 3 aromatic rings. The van der Waals surface area contributed by atoms with E-state index in [4.69, 9.17) is 27.9 Å². The Labute approximate surface area is 245 Å². The zero-order chi connectivity index (χ0) is 29.6. The molecule has 3 rings (SSSR count). The van der Waals surface area contributed by atoms with E-state index in [1.54, 1.807) is 61.5 Å². The number of benzene rings is 3. The van der Waals surface area contributed by atoms with Crippen LogP contribution in [0.2, 0.25) is 10.0 Å². The quantitative estimate of drug-likeness (QED) is 0.313. The Bertz CT molecular complexity index is 1450. The molecule has 0 aliphatic rings. The number of sulfonamides is 1. The van der Waals surface area contributed by atoms with Crippen molar-refractivity contribution in [2.75, 3.05) is 18.0 Å². The van der Waals surface area contributed by atoms with Gasteiger partial charge in [0.25, 0.3) is 10.0 Å². The van der Waals surface area contributed by atoms with Gasteiger partial charge in [-0.3, -0.25) is 13.9 Å². The minimum atomic E-state index is -4.17. The van der Waals surface area contributed by atoms with Crippen molar-refractivity contribution in [1.29, 1.82) is 0 Å². The number of hydrogen-bond donors (Lipinski definition) is 1. The molecule has 2 amide bonds. The number of aryl methyl sites for hydroxylation is 1. The van der Waals surface area contributed by atoms with Crippen LogP contribution in [0.25, 0.3) is 0 Å². The van der Waals surface area contributed by atoms with E-state index in [-0.39, 0.29) is 29.1 Å². The molecule has 8 nitrogen and oxygen atoms in total. The molecule has 0 aliphatic carbocycles. The average molecular weight is 607 g/mol. The first kappa shape index (κ1) is 31.3. The summed E-state index contributed by atoms with van der Waals surface area (Å²) < 4.78 is 34.0. The Hall–Kier alpha value is -3.27. The molecule has 0 bridgehead atoms. The number of nitrogens with one attached hydrogen (secondary N) is 1. The maximum atomic E-state index is 13.9. The number of carbonyl (C=O) groups is 2. The van der Waals surface area contributed by atoms with E-state index in [0.29, 0.717) is 21.4 Å². The fourth-order valence-electron chi connectivity index (χ4n) is 3.94. The third kappa shape index (κ3) is 7.68. The van der Waals surface area contributed by atoms with Crippen molar-refractivity contribution in [3.8, 4) is 5.75 Å². The molecule has 214 valence electrons. The summed E-state index contributed by atoms with van der Waals surface area (Å²) >= 11 is 12.5. The summed E-state index contributed by atoms with van der Waals surface area (Å²) in [7, 11) is -2.67. The smallest absolute Gasteiger partial charge is 0.264 e. The molecule has 0 fully saturated rings. The summed E-state index contributed by atoms with van der Waals surface area (Å²) in [5.74, 6) is -0.449. The fourth-order valence-corrected chi connectivity index (χ4v) is 5.82. The minimum absolute atomic E-state index is 0.0274. The van der Waals surface area contributed by atoms with E-state index < -0.39 is 28.5 Å². The van der Waals surface area contributed by atoms with Crippen molar-refractivity contribution in [2.24, 2.45) is 0 Å². The third-order valence-electron chi connectivity index (χ3n) is 6.20. The Kier molecular flexibility index (Phi) is 10.5. The number of halogens is 2. The monoisotopic (exact) mass is 605 g/mol. The number of amides is 2. The van der Waals surface area contributed by atoms with Crippen molar-refractivity contribution in [3.05, 3.63) is 87.9 Å². The van der Waals surface area contributed by atoms with Gasteiger partial charge in [-0.15, -0.1) is 0 Å². The highest BCUT2D eigenvalue weighted by atomic mass is 35.5. The number of hydrogen-bond acceptors (Lipinski definition) is 5. The van der Waals surface area contributed by atoms with Gasteiger partial charge in [0.1, 0.15) is 18.3 Å². The molecule has 0 aromatic heterocycles. The van der Waals surface area contributed by atoms with Crippen LogP contribution in [0.15, 0.2) is 71.6 Å². The van der Waals surface area contributed by atoms with Gasteiger partial charge in [0.05, 0.1) is 17.7 Å². The van der Waals surface area contributed by atoms with Crippen LogP contribution in [0.5, 0.6) is 5.75 Å². The van der Waals surface area contributed by atoms with Crippen LogP contribution in [-0.2, 0) is 26.2 Å². The van der Waals surface area contributed by atoms with Crippen LogP contribution in [0.1, 0.15) is 31.9 Å². The summed E-state index contributed by atoms with van der Waals surface area (Å²) in [6.07, 6.45) is 0. The molecule has 0 saturated heterocycles. The van der Waals surface area contributed by atoms with Crippen molar-refractivity contribution in [3.63, 3.8) is 0 Å². The third-order valence-corrected chi connectivity index (χ3v) is 8.58. The van der Waals surface area contributed by atoms with Crippen LogP contribution in [0, 0.1) is 6.92 Å². The summed E-state index contributed by atoms with van der Waals surface area (Å²) in [5, 5.41) is 3.56. The van der Waals surface area contributed by atoms with Gasteiger partial charge in [-0.1, -0.05) is 47.0 Å². The van der Waals surface area contributed by atoms with Crippen LogP contribution in [-0.4, -0.2) is 50.9 Å². The normalized spacial score (nSPS) is 12.1. The number of ether oxygens (including phenoxy) is 1. The predicted molar refractivity (Wildman–Crippen MR) is 158 cm³/mol. The zero-order valence-electron chi connectivity index (χ0n) is 23.0. The Balaban J connectivity index is 2.05. The van der Waals surface area contributed by atoms with Crippen molar-refractivity contribution in [1.82, 2.24) is 10.2 Å². The van der Waals surface area contributed by atoms with Gasteiger partial charge in [-0.05, 0) is 81.8 Å². The molecule has 1 N–H and O–H groups in total. The second kappa shape index (κ2) is 13.4. The van der Waals surface area contributed by atoms with Gasteiger partial charge in [0.15, 0.2) is 0 Å². The zero-order valence-corrected chi connectivity index (χ0v) is 25.3. The molecule has 0 spiro atoms. The van der Waals surface area contributed by atoms with E-state index in [1.807, 2.05) is 20.8 Å². The lowest BCUT2D eigenvalue weighted by molar-refractivity contribution is -0.139. The SMILES string of the molecule is COc1ccc(N(CC(=O)N(Cc2ccc(Cl)cc2Cl)[C@H](C)C(=O)NC(C)C)S(=O)(=O)c2ccc(C)cc2)cc1. The Morgan fingerprint density at radius 2 is 1.57 bits per heavy atom. The average Bonchev–Trinajstić information content (AvgIpc) is 2.90. The Morgan fingerprint density at radius 3 is 2.12 bits per heavy atom. The van der Waals surface area contributed by atoms with Gasteiger partial charge in [0, 0.05) is 22.6 Å². The van der Waals surface area contributed by atoms with Crippen LogP contribution in [0.3, 0.4) is 0 Å². The minimum Gasteiger partial charge on any atom is -0.497 e. The van der Waals surface area contributed by atoms with Crippen LogP contribution in [0.4, 0.5) is 5.69 Å². The lowest BCUT2D eigenvalue weighted by Crippen LogP contribution is -2.52. The van der Waals surface area contributed by atoms with Gasteiger partial charge in [0.2, 0.25) is 11.8 Å². The molecule has 0 radical (unpaired) electrons. The lowest BCUT2D eigenvalue weighted by atomic mass is 10.1. The fraction of sp³-hybridized carbons (Fsp3) is 0.310. The molecule has 0 saturated carbocycles. The van der Waals surface area contributed by atoms with Gasteiger partial charge in [-0.25, -0.2) is 8.42 Å². The number of rotatable bonds is 11. The summed E-state index contributed by atoms with van der Waals surface area (Å²) in [4.78, 5) is 28.3. The maximum absolute atomic E-state index is 13.9. The predicted octanol–water partition coefficient (Wildman–Crippen LogP) is 5.45. The van der Waals surface area contributed by atoms with E-state index >= 15 is 0 Å². The lowest BCUT2D eigenvalue weighted by Gasteiger charge is -2.32. The number of nitrogens with zero attached hydrogens (tertiary/aromatic N) is 2. The molecule has 40 heavy (non-hydrogen) atoms. The van der Waals surface area contributed by atoms with Gasteiger partial charge in [-0.2, -0.15) is 0 Å². The molecule has 0 heterocycles. The molecule has 0 unspecified atom stereocenters. The van der Waals surface area contributed by atoms with Crippen molar-refractivity contribution in [2.45, 2.75) is 51.2 Å².